The number of aromatic hydroxyl groups is 1. The zero-order chi connectivity index (χ0) is 14.7. The summed E-state index contributed by atoms with van der Waals surface area (Å²) in [4.78, 5) is 2.79. The molecule has 2 unspecified atom stereocenters. The zero-order valence-corrected chi connectivity index (χ0v) is 13.1. The second kappa shape index (κ2) is 4.72. The van der Waals surface area contributed by atoms with Crippen molar-refractivity contribution in [1.82, 2.24) is 4.90 Å². The fraction of sp³-hybridized carbons (Fsp3) is 0.684. The van der Waals surface area contributed by atoms with E-state index < -0.39 is 0 Å². The first-order valence-electron chi connectivity index (χ1n) is 8.90. The second-order valence-corrected chi connectivity index (χ2v) is 7.91. The largest absolute Gasteiger partial charge is 0.508 e. The first kappa shape index (κ1) is 13.4. The molecule has 5 rings (SSSR count). The van der Waals surface area contributed by atoms with Crippen molar-refractivity contribution in [1.29, 1.82) is 0 Å². The van der Waals surface area contributed by atoms with Crippen molar-refractivity contribution in [2.45, 2.75) is 43.6 Å². The summed E-state index contributed by atoms with van der Waals surface area (Å²) in [5.74, 6) is 2.09. The van der Waals surface area contributed by atoms with E-state index in [0.717, 1.165) is 25.6 Å². The number of likely N-dealkylation sites (tertiary alicyclic amines) is 1. The number of ether oxygens (including phenoxy) is 1. The Morgan fingerprint density at radius 1 is 1.27 bits per heavy atom. The van der Waals surface area contributed by atoms with Gasteiger partial charge in [0.2, 0.25) is 0 Å². The average molecular weight is 299 g/mol. The Morgan fingerprint density at radius 3 is 3.05 bits per heavy atom. The maximum absolute atomic E-state index is 10.0. The van der Waals surface area contributed by atoms with E-state index in [1.165, 1.54) is 49.9 Å². The van der Waals surface area contributed by atoms with Crippen LogP contribution in [0.2, 0.25) is 0 Å². The minimum absolute atomic E-state index is 0.162. The molecule has 3 nitrogen and oxygen atoms in total. The van der Waals surface area contributed by atoms with Crippen LogP contribution >= 0.6 is 0 Å². The van der Waals surface area contributed by atoms with Crippen LogP contribution in [0.5, 0.6) is 5.75 Å². The first-order chi connectivity index (χ1) is 10.8. The van der Waals surface area contributed by atoms with Crippen molar-refractivity contribution >= 4 is 0 Å². The third-order valence-electron chi connectivity index (χ3n) is 6.67. The summed E-state index contributed by atoms with van der Waals surface area (Å²) in [5.41, 5.74) is 3.00. The van der Waals surface area contributed by atoms with Gasteiger partial charge in [-0.25, -0.2) is 0 Å². The van der Waals surface area contributed by atoms with Gasteiger partial charge in [-0.05, 0) is 73.7 Å². The fourth-order valence-electron chi connectivity index (χ4n) is 5.40. The van der Waals surface area contributed by atoms with E-state index in [0.29, 0.717) is 17.7 Å². The van der Waals surface area contributed by atoms with Gasteiger partial charge < -0.3 is 9.84 Å². The van der Waals surface area contributed by atoms with Gasteiger partial charge in [-0.1, -0.05) is 6.07 Å². The predicted octanol–water partition coefficient (Wildman–Crippen LogP) is 2.71. The highest BCUT2D eigenvalue weighted by Crippen LogP contribution is 2.53. The van der Waals surface area contributed by atoms with Crippen LogP contribution in [-0.4, -0.2) is 42.4 Å². The molecule has 2 saturated heterocycles. The predicted molar refractivity (Wildman–Crippen MR) is 85.1 cm³/mol. The van der Waals surface area contributed by atoms with E-state index in [1.54, 1.807) is 0 Å². The van der Waals surface area contributed by atoms with Crippen molar-refractivity contribution in [2.75, 3.05) is 26.3 Å². The summed E-state index contributed by atoms with van der Waals surface area (Å²) >= 11 is 0. The molecule has 1 N–H and O–H groups in total. The van der Waals surface area contributed by atoms with E-state index in [-0.39, 0.29) is 5.41 Å². The van der Waals surface area contributed by atoms with E-state index in [1.807, 2.05) is 12.1 Å². The molecular weight excluding hydrogens is 274 g/mol. The van der Waals surface area contributed by atoms with E-state index in [9.17, 15) is 5.11 Å². The van der Waals surface area contributed by atoms with E-state index in [4.69, 9.17) is 4.74 Å². The van der Waals surface area contributed by atoms with Crippen LogP contribution in [0, 0.1) is 11.8 Å². The zero-order valence-electron chi connectivity index (χ0n) is 13.1. The standard InChI is InChI=1S/C19H25NO2/c21-15-4-3-14-9-18-16-5-8-22-12-19(16,17(14)10-15)6-7-20(18)11-13-1-2-13/h3-4,10,13,16,18,21H,1-2,5-9,11-12H2/t16?,18?,19-/m0/s1. The smallest absolute Gasteiger partial charge is 0.115 e. The monoisotopic (exact) mass is 299 g/mol. The summed E-state index contributed by atoms with van der Waals surface area (Å²) in [5, 5.41) is 10.0. The molecule has 2 aliphatic heterocycles. The minimum Gasteiger partial charge on any atom is -0.508 e. The molecule has 0 radical (unpaired) electrons. The van der Waals surface area contributed by atoms with Crippen molar-refractivity contribution in [2.24, 2.45) is 11.8 Å². The van der Waals surface area contributed by atoms with Gasteiger partial charge in [0.15, 0.2) is 0 Å². The maximum Gasteiger partial charge on any atom is 0.115 e. The van der Waals surface area contributed by atoms with Crippen LogP contribution in [0.4, 0.5) is 0 Å². The van der Waals surface area contributed by atoms with Gasteiger partial charge in [0.1, 0.15) is 5.75 Å². The van der Waals surface area contributed by atoms with Gasteiger partial charge in [0.25, 0.3) is 0 Å². The Kier molecular flexibility index (Phi) is 2.87. The van der Waals surface area contributed by atoms with Gasteiger partial charge in [-0.2, -0.15) is 0 Å². The van der Waals surface area contributed by atoms with Gasteiger partial charge in [0, 0.05) is 24.6 Å². The number of nitrogens with zero attached hydrogens (tertiary/aromatic N) is 1. The molecule has 1 aromatic rings. The number of benzene rings is 1. The quantitative estimate of drug-likeness (QED) is 0.911. The molecule has 22 heavy (non-hydrogen) atoms. The lowest BCUT2D eigenvalue weighted by atomic mass is 9.56. The summed E-state index contributed by atoms with van der Waals surface area (Å²) in [6, 6.07) is 6.74. The van der Waals surface area contributed by atoms with Crippen LogP contribution in [0.3, 0.4) is 0 Å². The van der Waals surface area contributed by atoms with Crippen LogP contribution in [0.1, 0.15) is 36.8 Å². The molecule has 3 fully saturated rings. The van der Waals surface area contributed by atoms with E-state index >= 15 is 0 Å². The highest BCUT2D eigenvalue weighted by molar-refractivity contribution is 5.45. The number of fused-ring (bicyclic) bond motifs is 1. The van der Waals surface area contributed by atoms with Gasteiger partial charge in [-0.15, -0.1) is 0 Å². The van der Waals surface area contributed by atoms with E-state index in [2.05, 4.69) is 11.0 Å². The third-order valence-corrected chi connectivity index (χ3v) is 6.67. The van der Waals surface area contributed by atoms with Gasteiger partial charge in [0.05, 0.1) is 6.61 Å². The highest BCUT2D eigenvalue weighted by atomic mass is 16.5. The Morgan fingerprint density at radius 2 is 2.18 bits per heavy atom. The first-order valence-corrected chi connectivity index (χ1v) is 8.90. The van der Waals surface area contributed by atoms with Crippen LogP contribution in [0.15, 0.2) is 18.2 Å². The minimum atomic E-state index is 0.162. The number of piperidine rings is 1. The Bertz CT molecular complexity index is 597. The van der Waals surface area contributed by atoms with Crippen LogP contribution < -0.4 is 0 Å². The summed E-state index contributed by atoms with van der Waals surface area (Å²) < 4.78 is 5.94. The molecule has 2 aliphatic carbocycles. The number of phenols is 1. The number of phenolic OH excluding ortho intramolecular Hbond substituents is 1. The fourth-order valence-corrected chi connectivity index (χ4v) is 5.40. The van der Waals surface area contributed by atoms with Crippen molar-refractivity contribution < 1.29 is 9.84 Å². The molecule has 2 heterocycles. The summed E-state index contributed by atoms with van der Waals surface area (Å²) in [6.07, 6.45) is 6.41. The average Bonchev–Trinajstić information content (AvgIpc) is 3.35. The maximum atomic E-state index is 10.0. The lowest BCUT2D eigenvalue weighted by Crippen LogP contribution is -2.63. The Hall–Kier alpha value is -1.06. The molecule has 0 aromatic heterocycles. The Labute approximate surface area is 132 Å². The molecule has 2 bridgehead atoms. The van der Waals surface area contributed by atoms with Crippen LogP contribution in [-0.2, 0) is 16.6 Å². The molecule has 1 aromatic carbocycles. The summed E-state index contributed by atoms with van der Waals surface area (Å²) in [6.45, 7) is 4.28. The molecule has 3 heteroatoms. The van der Waals surface area contributed by atoms with Crippen molar-refractivity contribution in [3.05, 3.63) is 29.3 Å². The summed E-state index contributed by atoms with van der Waals surface area (Å²) in [7, 11) is 0. The molecule has 1 saturated carbocycles. The van der Waals surface area contributed by atoms with Gasteiger partial charge in [-0.3, -0.25) is 4.90 Å². The SMILES string of the molecule is Oc1ccc2c(c1)[C@]13CCN(CC4CC4)C(C2)C1CCOC3. The molecule has 0 amide bonds. The van der Waals surface area contributed by atoms with Crippen molar-refractivity contribution in [3.63, 3.8) is 0 Å². The molecule has 118 valence electrons. The Balaban J connectivity index is 1.58. The number of hydrogen-bond acceptors (Lipinski definition) is 3. The highest BCUT2D eigenvalue weighted by Gasteiger charge is 2.54. The van der Waals surface area contributed by atoms with Gasteiger partial charge >= 0.3 is 0 Å². The number of hydrogen-bond donors (Lipinski definition) is 1. The molecule has 3 atom stereocenters. The molecule has 4 aliphatic rings. The molecular formula is C19H25NO2. The third kappa shape index (κ3) is 1.88. The van der Waals surface area contributed by atoms with Crippen LogP contribution in [0.25, 0.3) is 0 Å². The lowest BCUT2D eigenvalue weighted by molar-refractivity contribution is -0.0838. The number of rotatable bonds is 2. The normalized spacial score (nSPS) is 37.5. The lowest BCUT2D eigenvalue weighted by Gasteiger charge is -2.58. The second-order valence-electron chi connectivity index (χ2n) is 7.91. The topological polar surface area (TPSA) is 32.7 Å². The molecule has 0 spiro atoms. The van der Waals surface area contributed by atoms with Crippen molar-refractivity contribution in [3.8, 4) is 5.75 Å².